The highest BCUT2D eigenvalue weighted by Crippen LogP contribution is 2.38. The molecule has 0 saturated heterocycles. The van der Waals surface area contributed by atoms with Crippen LogP contribution in [0, 0.1) is 5.21 Å². The summed E-state index contributed by atoms with van der Waals surface area (Å²) in [6, 6.07) is 14.3. The van der Waals surface area contributed by atoms with Crippen LogP contribution in [-0.2, 0) is 6.42 Å². The molecular formula is C25H22ClN5O3. The maximum Gasteiger partial charge on any atom is 0.261 e. The Morgan fingerprint density at radius 3 is 2.79 bits per heavy atom. The van der Waals surface area contributed by atoms with E-state index in [1.807, 2.05) is 36.1 Å². The maximum absolute atomic E-state index is 13.3. The molecule has 0 saturated carbocycles. The number of pyridine rings is 3. The summed E-state index contributed by atoms with van der Waals surface area (Å²) >= 11 is 6.15. The van der Waals surface area contributed by atoms with Crippen LogP contribution in [0.15, 0.2) is 60.9 Å². The van der Waals surface area contributed by atoms with Crippen molar-refractivity contribution in [3.8, 4) is 5.75 Å². The topological polar surface area (TPSA) is 85.5 Å². The smallest absolute Gasteiger partial charge is 0.261 e. The van der Waals surface area contributed by atoms with E-state index in [1.165, 1.54) is 6.20 Å². The minimum Gasteiger partial charge on any atom is -0.618 e. The van der Waals surface area contributed by atoms with E-state index in [2.05, 4.69) is 9.97 Å². The van der Waals surface area contributed by atoms with Gasteiger partial charge in [-0.1, -0.05) is 23.7 Å². The van der Waals surface area contributed by atoms with Crippen molar-refractivity contribution in [2.24, 2.45) is 0 Å². The van der Waals surface area contributed by atoms with Gasteiger partial charge in [-0.2, -0.15) is 4.73 Å². The van der Waals surface area contributed by atoms with Crippen molar-refractivity contribution in [1.29, 1.82) is 0 Å². The number of hydrogen-bond donors (Lipinski definition) is 0. The van der Waals surface area contributed by atoms with Crippen molar-refractivity contribution in [1.82, 2.24) is 9.97 Å². The molecule has 0 aliphatic carbocycles. The molecule has 4 heterocycles. The van der Waals surface area contributed by atoms with Gasteiger partial charge in [-0.05, 0) is 36.8 Å². The molecule has 0 fully saturated rings. The number of nitrogens with zero attached hydrogens (tertiary/aromatic N) is 5. The molecule has 34 heavy (non-hydrogen) atoms. The molecule has 4 aromatic rings. The third-order valence-electron chi connectivity index (χ3n) is 5.88. The molecule has 0 N–H and O–H groups in total. The Kier molecular flexibility index (Phi) is 5.67. The summed E-state index contributed by atoms with van der Waals surface area (Å²) in [4.78, 5) is 25.9. The number of carbonyl (C=O) groups is 1. The van der Waals surface area contributed by atoms with Crippen LogP contribution >= 0.6 is 11.6 Å². The van der Waals surface area contributed by atoms with Crippen molar-refractivity contribution in [3.05, 3.63) is 82.4 Å². The van der Waals surface area contributed by atoms with Gasteiger partial charge < -0.3 is 19.7 Å². The largest absolute Gasteiger partial charge is 0.618 e. The summed E-state index contributed by atoms with van der Waals surface area (Å²) in [6.45, 7) is 2.92. The average molecular weight is 476 g/mol. The molecule has 3 aromatic heterocycles. The number of rotatable bonds is 5. The minimum atomic E-state index is -0.166. The van der Waals surface area contributed by atoms with Gasteiger partial charge >= 0.3 is 0 Å². The molecule has 0 atom stereocenters. The second-order valence-corrected chi connectivity index (χ2v) is 8.31. The Balaban J connectivity index is 1.42. The van der Waals surface area contributed by atoms with Gasteiger partial charge in [-0.25, -0.2) is 9.97 Å². The standard InChI is InChI=1S/C25H22ClN5O3/c1-3-30-23-18(25(32)29(2)20-8-9-22(26)28-24(20)30)14-16(15-27-23)11-13-34-21-10-12-31(33)19-7-5-4-6-17(19)21/h4-10,12,14-15H,3,11,13H2,1-2H3. The van der Waals surface area contributed by atoms with Gasteiger partial charge in [0.05, 0.1) is 23.2 Å². The number of anilines is 3. The van der Waals surface area contributed by atoms with Gasteiger partial charge in [0.2, 0.25) is 5.52 Å². The lowest BCUT2D eigenvalue weighted by Crippen LogP contribution is -2.26. The van der Waals surface area contributed by atoms with Crippen LogP contribution in [0.1, 0.15) is 22.8 Å². The second-order valence-electron chi connectivity index (χ2n) is 7.92. The number of hydrogen-bond acceptors (Lipinski definition) is 6. The van der Waals surface area contributed by atoms with Crippen LogP contribution in [0.3, 0.4) is 0 Å². The summed E-state index contributed by atoms with van der Waals surface area (Å²) in [6.07, 6.45) is 3.73. The first-order valence-corrected chi connectivity index (χ1v) is 11.3. The predicted molar refractivity (Wildman–Crippen MR) is 131 cm³/mol. The summed E-state index contributed by atoms with van der Waals surface area (Å²) in [5, 5.41) is 13.1. The van der Waals surface area contributed by atoms with Crippen LogP contribution in [0.5, 0.6) is 5.75 Å². The van der Waals surface area contributed by atoms with E-state index in [4.69, 9.17) is 16.3 Å². The van der Waals surface area contributed by atoms with Crippen LogP contribution < -0.4 is 19.3 Å². The summed E-state index contributed by atoms with van der Waals surface area (Å²) in [5.41, 5.74) is 2.58. The Hall–Kier alpha value is -3.91. The SMILES string of the molecule is CCN1c2ncc(CCOc3cc[n+]([O-])c4ccccc34)cc2C(=O)N(C)c2ccc(Cl)nc21. The van der Waals surface area contributed by atoms with Crippen molar-refractivity contribution in [3.63, 3.8) is 0 Å². The molecular weight excluding hydrogens is 454 g/mol. The molecule has 5 rings (SSSR count). The van der Waals surface area contributed by atoms with E-state index >= 15 is 0 Å². The van der Waals surface area contributed by atoms with Gasteiger partial charge in [-0.15, -0.1) is 0 Å². The van der Waals surface area contributed by atoms with Crippen molar-refractivity contribution < 1.29 is 14.3 Å². The lowest BCUT2D eigenvalue weighted by molar-refractivity contribution is -0.577. The monoisotopic (exact) mass is 475 g/mol. The van der Waals surface area contributed by atoms with E-state index in [9.17, 15) is 10.0 Å². The second kappa shape index (κ2) is 8.79. The van der Waals surface area contributed by atoms with Crippen molar-refractivity contribution in [2.75, 3.05) is 30.0 Å². The molecule has 1 aromatic carbocycles. The predicted octanol–water partition coefficient (Wildman–Crippen LogP) is 4.29. The highest BCUT2D eigenvalue weighted by atomic mass is 35.5. The van der Waals surface area contributed by atoms with Gasteiger partial charge in [0.15, 0.2) is 12.0 Å². The zero-order valence-corrected chi connectivity index (χ0v) is 19.5. The molecule has 1 aliphatic heterocycles. The molecule has 1 aliphatic rings. The van der Waals surface area contributed by atoms with Gasteiger partial charge in [0, 0.05) is 38.3 Å². The highest BCUT2D eigenvalue weighted by Gasteiger charge is 2.31. The molecule has 0 unspecified atom stereocenters. The molecule has 8 nitrogen and oxygen atoms in total. The third kappa shape index (κ3) is 3.76. The summed E-state index contributed by atoms with van der Waals surface area (Å²) in [7, 11) is 1.72. The first-order valence-electron chi connectivity index (χ1n) is 10.9. The zero-order chi connectivity index (χ0) is 23.8. The van der Waals surface area contributed by atoms with E-state index < -0.39 is 0 Å². The number of carbonyl (C=O) groups excluding carboxylic acids is 1. The number of halogens is 1. The number of amides is 1. The first-order chi connectivity index (χ1) is 16.5. The maximum atomic E-state index is 13.3. The molecule has 9 heteroatoms. The minimum absolute atomic E-state index is 0.166. The molecule has 0 spiro atoms. The Labute approximate surface area is 201 Å². The van der Waals surface area contributed by atoms with Gasteiger partial charge in [-0.3, -0.25) is 4.79 Å². The normalized spacial score (nSPS) is 13.0. The molecule has 1 amide bonds. The van der Waals surface area contributed by atoms with Crippen LogP contribution in [0.2, 0.25) is 5.15 Å². The number of ether oxygens (including phenoxy) is 1. The van der Waals surface area contributed by atoms with Gasteiger partial charge in [0.1, 0.15) is 16.7 Å². The molecule has 0 bridgehead atoms. The first kappa shape index (κ1) is 21.9. The molecule has 0 radical (unpaired) electrons. The van der Waals surface area contributed by atoms with E-state index in [1.54, 1.807) is 42.4 Å². The van der Waals surface area contributed by atoms with Crippen LogP contribution in [0.4, 0.5) is 17.3 Å². The average Bonchev–Trinajstić information content (AvgIpc) is 2.93. The fraction of sp³-hybridized carbons (Fsp3) is 0.200. The number of para-hydroxylation sites is 1. The van der Waals surface area contributed by atoms with E-state index in [-0.39, 0.29) is 5.91 Å². The number of fused-ring (bicyclic) bond motifs is 3. The number of aromatic nitrogens is 3. The van der Waals surface area contributed by atoms with Crippen LogP contribution in [-0.4, -0.2) is 36.1 Å². The summed E-state index contributed by atoms with van der Waals surface area (Å²) in [5.74, 6) is 1.61. The van der Waals surface area contributed by atoms with Gasteiger partial charge in [0.25, 0.3) is 5.91 Å². The van der Waals surface area contributed by atoms with Crippen molar-refractivity contribution in [2.45, 2.75) is 13.3 Å². The Bertz CT molecular complexity index is 1410. The Morgan fingerprint density at radius 1 is 1.15 bits per heavy atom. The fourth-order valence-corrected chi connectivity index (χ4v) is 4.31. The number of benzene rings is 1. The van der Waals surface area contributed by atoms with E-state index in [0.717, 1.165) is 15.7 Å². The van der Waals surface area contributed by atoms with Crippen molar-refractivity contribution >= 4 is 45.7 Å². The lowest BCUT2D eigenvalue weighted by Gasteiger charge is -2.23. The summed E-state index contributed by atoms with van der Waals surface area (Å²) < 4.78 is 6.81. The molecule has 172 valence electrons. The Morgan fingerprint density at radius 2 is 1.97 bits per heavy atom. The third-order valence-corrected chi connectivity index (χ3v) is 6.09. The fourth-order valence-electron chi connectivity index (χ4n) is 4.16. The zero-order valence-electron chi connectivity index (χ0n) is 18.7. The quantitative estimate of drug-likeness (QED) is 0.243. The van der Waals surface area contributed by atoms with Crippen LogP contribution in [0.25, 0.3) is 10.9 Å². The van der Waals surface area contributed by atoms with E-state index in [0.29, 0.717) is 58.9 Å². The highest BCUT2D eigenvalue weighted by molar-refractivity contribution is 6.29. The lowest BCUT2D eigenvalue weighted by atomic mass is 10.1.